The second-order valence-corrected chi connectivity index (χ2v) is 6.19. The van der Waals surface area contributed by atoms with Gasteiger partial charge in [0.15, 0.2) is 5.65 Å². The zero-order chi connectivity index (χ0) is 15.9. The average molecular weight is 369 g/mol. The number of hydrogen-bond donors (Lipinski definition) is 1. The number of carbonyl (C=O) groups excluding carboxylic acids is 1. The first-order valence-corrected chi connectivity index (χ1v) is 7.82. The van der Waals surface area contributed by atoms with Crippen molar-refractivity contribution in [2.75, 3.05) is 20.1 Å². The molecule has 0 aliphatic carbocycles. The molecule has 1 unspecified atom stereocenters. The summed E-state index contributed by atoms with van der Waals surface area (Å²) < 4.78 is 3.30. The van der Waals surface area contributed by atoms with Crippen LogP contribution in [0.15, 0.2) is 15.7 Å². The van der Waals surface area contributed by atoms with Crippen molar-refractivity contribution in [3.05, 3.63) is 21.3 Å². The van der Waals surface area contributed by atoms with Crippen LogP contribution >= 0.6 is 15.9 Å². The Morgan fingerprint density at radius 3 is 3.05 bits per heavy atom. The molecule has 2 aromatic rings. The maximum absolute atomic E-state index is 12.5. The number of likely N-dealkylation sites (N-methyl/N-ethyl adjacent to an activating group) is 1. The predicted octanol–water partition coefficient (Wildman–Crippen LogP) is -0.287. The summed E-state index contributed by atoms with van der Waals surface area (Å²) in [5.74, 6) is -0.100. The number of halogens is 1. The van der Waals surface area contributed by atoms with E-state index in [0.717, 1.165) is 19.5 Å². The lowest BCUT2D eigenvalue weighted by Gasteiger charge is -2.24. The number of hydrogen-bond acceptors (Lipinski definition) is 5. The molecular weight excluding hydrogens is 352 g/mol. The summed E-state index contributed by atoms with van der Waals surface area (Å²) in [4.78, 5) is 30.8. The Kier molecular flexibility index (Phi) is 4.00. The number of carbonyl (C=O) groups is 1. The van der Waals surface area contributed by atoms with Crippen LogP contribution in [0.3, 0.4) is 0 Å². The molecular formula is C13H17BrN6O2. The lowest BCUT2D eigenvalue weighted by atomic mass is 10.2. The van der Waals surface area contributed by atoms with Crippen molar-refractivity contribution >= 4 is 32.9 Å². The minimum absolute atomic E-state index is 0.0178. The molecule has 3 rings (SSSR count). The quantitative estimate of drug-likeness (QED) is 0.804. The van der Waals surface area contributed by atoms with Gasteiger partial charge in [-0.25, -0.2) is 9.67 Å². The summed E-state index contributed by atoms with van der Waals surface area (Å²) in [5, 5.41) is 7.74. The van der Waals surface area contributed by atoms with E-state index in [1.807, 2.05) is 0 Å². The molecule has 3 heterocycles. The molecule has 1 N–H and O–H groups in total. The summed E-state index contributed by atoms with van der Waals surface area (Å²) in [5.41, 5.74) is 0.227. The zero-order valence-electron chi connectivity index (χ0n) is 12.4. The number of nitrogens with zero attached hydrogens (tertiary/aromatic N) is 5. The van der Waals surface area contributed by atoms with Crippen LogP contribution < -0.4 is 10.9 Å². The molecule has 1 amide bonds. The summed E-state index contributed by atoms with van der Waals surface area (Å²) in [6.07, 6.45) is 2.33. The minimum Gasteiger partial charge on any atom is -0.340 e. The zero-order valence-corrected chi connectivity index (χ0v) is 14.0. The third kappa shape index (κ3) is 2.54. The Morgan fingerprint density at radius 2 is 2.36 bits per heavy atom. The van der Waals surface area contributed by atoms with Crippen LogP contribution in [-0.4, -0.2) is 56.3 Å². The van der Waals surface area contributed by atoms with E-state index in [0.29, 0.717) is 15.6 Å². The van der Waals surface area contributed by atoms with E-state index in [9.17, 15) is 9.59 Å². The molecule has 1 aliphatic rings. The number of aryl methyl sites for hydroxylation is 1. The standard InChI is InChI=1S/C13H17BrN6O2/c1-18(8-3-4-15-5-8)9(21)6-20-7-16-12-10(13(20)22)11(14)17-19(12)2/h7-8,15H,3-6H2,1-2H3. The summed E-state index contributed by atoms with van der Waals surface area (Å²) in [6.45, 7) is 1.69. The highest BCUT2D eigenvalue weighted by Gasteiger charge is 2.24. The Hall–Kier alpha value is -1.74. The van der Waals surface area contributed by atoms with Crippen LogP contribution in [0.25, 0.3) is 11.0 Å². The molecule has 0 aromatic carbocycles. The van der Waals surface area contributed by atoms with Crippen molar-refractivity contribution in [2.24, 2.45) is 7.05 Å². The highest BCUT2D eigenvalue weighted by molar-refractivity contribution is 9.10. The van der Waals surface area contributed by atoms with Gasteiger partial charge in [0, 0.05) is 26.7 Å². The van der Waals surface area contributed by atoms with E-state index in [1.165, 1.54) is 15.6 Å². The normalized spacial score (nSPS) is 18.0. The molecule has 1 saturated heterocycles. The molecule has 0 spiro atoms. The Bertz CT molecular complexity index is 777. The van der Waals surface area contributed by atoms with Gasteiger partial charge >= 0.3 is 0 Å². The van der Waals surface area contributed by atoms with Crippen molar-refractivity contribution in [3.63, 3.8) is 0 Å². The number of rotatable bonds is 3. The second kappa shape index (κ2) is 5.81. The average Bonchev–Trinajstić information content (AvgIpc) is 3.10. The summed E-state index contributed by atoms with van der Waals surface area (Å²) in [6, 6.07) is 0.185. The lowest BCUT2D eigenvalue weighted by molar-refractivity contribution is -0.132. The molecule has 0 bridgehead atoms. The van der Waals surface area contributed by atoms with E-state index >= 15 is 0 Å². The number of amides is 1. The maximum Gasteiger partial charge on any atom is 0.266 e. The molecule has 1 aliphatic heterocycles. The van der Waals surface area contributed by atoms with Gasteiger partial charge in [-0.05, 0) is 28.9 Å². The van der Waals surface area contributed by atoms with Crippen LogP contribution in [0, 0.1) is 0 Å². The molecule has 118 valence electrons. The predicted molar refractivity (Wildman–Crippen MR) is 84.5 cm³/mol. The van der Waals surface area contributed by atoms with Crippen molar-refractivity contribution in [3.8, 4) is 0 Å². The van der Waals surface area contributed by atoms with Crippen LogP contribution in [0.1, 0.15) is 6.42 Å². The van der Waals surface area contributed by atoms with Crippen molar-refractivity contribution in [1.82, 2.24) is 29.5 Å². The lowest BCUT2D eigenvalue weighted by Crippen LogP contribution is -2.41. The van der Waals surface area contributed by atoms with Gasteiger partial charge in [0.25, 0.3) is 5.56 Å². The summed E-state index contributed by atoms with van der Waals surface area (Å²) in [7, 11) is 3.49. The smallest absolute Gasteiger partial charge is 0.266 e. The molecule has 1 atom stereocenters. The van der Waals surface area contributed by atoms with Crippen molar-refractivity contribution < 1.29 is 4.79 Å². The van der Waals surface area contributed by atoms with Crippen LogP contribution in [0.4, 0.5) is 0 Å². The highest BCUT2D eigenvalue weighted by atomic mass is 79.9. The maximum atomic E-state index is 12.5. The first kappa shape index (κ1) is 15.2. The largest absolute Gasteiger partial charge is 0.340 e. The molecule has 0 radical (unpaired) electrons. The molecule has 0 saturated carbocycles. The van der Waals surface area contributed by atoms with Gasteiger partial charge in [-0.3, -0.25) is 14.2 Å². The number of nitrogens with one attached hydrogen (secondary N) is 1. The van der Waals surface area contributed by atoms with Gasteiger partial charge in [0.2, 0.25) is 5.91 Å². The molecule has 22 heavy (non-hydrogen) atoms. The van der Waals surface area contributed by atoms with Crippen molar-refractivity contribution in [2.45, 2.75) is 19.0 Å². The second-order valence-electron chi connectivity index (χ2n) is 5.44. The van der Waals surface area contributed by atoms with E-state index in [-0.39, 0.29) is 24.1 Å². The van der Waals surface area contributed by atoms with Gasteiger partial charge in [0.05, 0.1) is 0 Å². The Labute approximate surface area is 135 Å². The third-order valence-corrected chi connectivity index (χ3v) is 4.60. The number of aromatic nitrogens is 4. The fourth-order valence-corrected chi connectivity index (χ4v) is 3.26. The van der Waals surface area contributed by atoms with Crippen molar-refractivity contribution in [1.29, 1.82) is 0 Å². The Balaban J connectivity index is 1.87. The fraction of sp³-hybridized carbons (Fsp3) is 0.538. The van der Waals surface area contributed by atoms with E-state index < -0.39 is 0 Å². The topological polar surface area (TPSA) is 85.1 Å². The van der Waals surface area contributed by atoms with Gasteiger partial charge in [0.1, 0.15) is 22.9 Å². The molecule has 1 fully saturated rings. The van der Waals surface area contributed by atoms with Gasteiger partial charge in [-0.15, -0.1) is 0 Å². The fourth-order valence-electron chi connectivity index (χ4n) is 2.68. The van der Waals surface area contributed by atoms with Gasteiger partial charge in [-0.2, -0.15) is 5.10 Å². The van der Waals surface area contributed by atoms with Gasteiger partial charge in [-0.1, -0.05) is 0 Å². The summed E-state index contributed by atoms with van der Waals surface area (Å²) >= 11 is 3.26. The van der Waals surface area contributed by atoms with E-state index in [2.05, 4.69) is 31.3 Å². The van der Waals surface area contributed by atoms with Gasteiger partial charge < -0.3 is 10.2 Å². The van der Waals surface area contributed by atoms with Crippen LogP contribution in [-0.2, 0) is 18.4 Å². The minimum atomic E-state index is -0.267. The first-order valence-electron chi connectivity index (χ1n) is 7.03. The molecule has 8 nitrogen and oxygen atoms in total. The monoisotopic (exact) mass is 368 g/mol. The SMILES string of the molecule is CN(C(=O)Cn1cnc2c(c(Br)nn2C)c1=O)C1CCNC1. The highest BCUT2D eigenvalue weighted by Crippen LogP contribution is 2.16. The van der Waals surface area contributed by atoms with Crippen LogP contribution in [0.2, 0.25) is 0 Å². The van der Waals surface area contributed by atoms with Crippen LogP contribution in [0.5, 0.6) is 0 Å². The Morgan fingerprint density at radius 1 is 1.59 bits per heavy atom. The number of fused-ring (bicyclic) bond motifs is 1. The van der Waals surface area contributed by atoms with E-state index in [1.54, 1.807) is 19.0 Å². The molecule has 2 aromatic heterocycles. The third-order valence-electron chi connectivity index (χ3n) is 4.05. The van der Waals surface area contributed by atoms with E-state index in [4.69, 9.17) is 0 Å². The first-order chi connectivity index (χ1) is 10.5. The molecule has 9 heteroatoms.